The molecule has 0 saturated heterocycles. The third kappa shape index (κ3) is 3.62. The number of aromatic nitrogens is 5. The lowest BCUT2D eigenvalue weighted by Crippen LogP contribution is -2.27. The average molecular weight is 415 g/mol. The van der Waals surface area contributed by atoms with Gasteiger partial charge in [0.25, 0.3) is 0 Å². The van der Waals surface area contributed by atoms with Crippen LogP contribution in [0.25, 0.3) is 11.2 Å². The second-order valence-corrected chi connectivity index (χ2v) is 6.61. The summed E-state index contributed by atoms with van der Waals surface area (Å²) in [6.07, 6.45) is 3.19. The molecule has 9 nitrogen and oxygen atoms in total. The van der Waals surface area contributed by atoms with Crippen LogP contribution >= 0.6 is 11.6 Å². The van der Waals surface area contributed by atoms with Gasteiger partial charge in [-0.25, -0.2) is 14.4 Å². The van der Waals surface area contributed by atoms with Crippen molar-refractivity contribution in [1.82, 2.24) is 24.7 Å². The van der Waals surface area contributed by atoms with Gasteiger partial charge in [0.05, 0.1) is 28.5 Å². The highest BCUT2D eigenvalue weighted by Crippen LogP contribution is 2.25. The van der Waals surface area contributed by atoms with Crippen LogP contribution in [0.5, 0.6) is 0 Å². The number of rotatable bonds is 5. The van der Waals surface area contributed by atoms with Gasteiger partial charge >= 0.3 is 0 Å². The SMILES string of the molecule is Cn1nccc1CNc1nc2nccc(C(=N)N(O)c3ccc(F)c(Cl)c3)c2[nH]1. The molecule has 11 heteroatoms. The van der Waals surface area contributed by atoms with Gasteiger partial charge in [-0.05, 0) is 30.3 Å². The number of aryl methyl sites for hydroxylation is 1. The van der Waals surface area contributed by atoms with Crippen LogP contribution in [0.2, 0.25) is 5.02 Å². The van der Waals surface area contributed by atoms with E-state index in [1.54, 1.807) is 16.9 Å². The molecule has 0 atom stereocenters. The van der Waals surface area contributed by atoms with Gasteiger partial charge in [-0.1, -0.05) is 11.6 Å². The van der Waals surface area contributed by atoms with Crippen molar-refractivity contribution in [1.29, 1.82) is 5.41 Å². The number of nitrogens with zero attached hydrogens (tertiary/aromatic N) is 5. The summed E-state index contributed by atoms with van der Waals surface area (Å²) >= 11 is 5.77. The zero-order chi connectivity index (χ0) is 20.5. The normalized spacial score (nSPS) is 11.0. The summed E-state index contributed by atoms with van der Waals surface area (Å²) in [6.45, 7) is 0.489. The lowest BCUT2D eigenvalue weighted by Gasteiger charge is -2.18. The Morgan fingerprint density at radius 2 is 2.17 bits per heavy atom. The Kier molecular flexibility index (Phi) is 4.87. The number of H-pyrrole nitrogens is 1. The van der Waals surface area contributed by atoms with Gasteiger partial charge in [0.1, 0.15) is 5.82 Å². The van der Waals surface area contributed by atoms with Crippen molar-refractivity contribution in [3.8, 4) is 0 Å². The maximum atomic E-state index is 13.4. The molecular weight excluding hydrogens is 399 g/mol. The van der Waals surface area contributed by atoms with Crippen LogP contribution < -0.4 is 10.4 Å². The van der Waals surface area contributed by atoms with E-state index >= 15 is 0 Å². The Morgan fingerprint density at radius 1 is 1.34 bits per heavy atom. The summed E-state index contributed by atoms with van der Waals surface area (Å²) < 4.78 is 15.1. The van der Waals surface area contributed by atoms with Crippen LogP contribution in [0, 0.1) is 11.2 Å². The lowest BCUT2D eigenvalue weighted by molar-refractivity contribution is 0.312. The molecule has 0 spiro atoms. The molecule has 3 aromatic heterocycles. The van der Waals surface area contributed by atoms with Crippen LogP contribution in [0.1, 0.15) is 11.3 Å². The summed E-state index contributed by atoms with van der Waals surface area (Å²) in [5, 5.41) is 26.5. The molecule has 0 unspecified atom stereocenters. The number of benzene rings is 1. The van der Waals surface area contributed by atoms with Gasteiger partial charge in [-0.15, -0.1) is 0 Å². The predicted octanol–water partition coefficient (Wildman–Crippen LogP) is 3.32. The van der Waals surface area contributed by atoms with Crippen LogP contribution in [0.4, 0.5) is 16.0 Å². The molecule has 0 aliphatic rings. The monoisotopic (exact) mass is 414 g/mol. The second kappa shape index (κ2) is 7.49. The minimum Gasteiger partial charge on any atom is -0.350 e. The molecule has 0 aliphatic heterocycles. The second-order valence-electron chi connectivity index (χ2n) is 6.20. The minimum atomic E-state index is -0.612. The van der Waals surface area contributed by atoms with E-state index in [4.69, 9.17) is 17.0 Å². The van der Waals surface area contributed by atoms with Gasteiger partial charge in [-0.2, -0.15) is 10.1 Å². The first-order valence-corrected chi connectivity index (χ1v) is 8.90. The Hall–Kier alpha value is -3.50. The number of hydroxylamine groups is 1. The van der Waals surface area contributed by atoms with Crippen molar-refractivity contribution < 1.29 is 9.60 Å². The van der Waals surface area contributed by atoms with Crippen molar-refractivity contribution in [2.75, 3.05) is 10.4 Å². The van der Waals surface area contributed by atoms with Crippen molar-refractivity contribution in [3.63, 3.8) is 0 Å². The first-order chi connectivity index (χ1) is 13.9. The summed E-state index contributed by atoms with van der Waals surface area (Å²) in [5.74, 6) is -0.399. The number of fused-ring (bicyclic) bond motifs is 1. The van der Waals surface area contributed by atoms with Crippen molar-refractivity contribution in [3.05, 3.63) is 64.8 Å². The molecule has 0 saturated carbocycles. The van der Waals surface area contributed by atoms with Crippen molar-refractivity contribution in [2.45, 2.75) is 6.54 Å². The number of anilines is 2. The largest absolute Gasteiger partial charge is 0.350 e. The van der Waals surface area contributed by atoms with E-state index in [1.807, 2.05) is 13.1 Å². The fraction of sp³-hybridized carbons (Fsp3) is 0.111. The van der Waals surface area contributed by atoms with Crippen LogP contribution in [-0.2, 0) is 13.6 Å². The molecule has 4 rings (SSSR count). The lowest BCUT2D eigenvalue weighted by atomic mass is 10.2. The van der Waals surface area contributed by atoms with Crippen LogP contribution in [0.3, 0.4) is 0 Å². The highest BCUT2D eigenvalue weighted by atomic mass is 35.5. The maximum absolute atomic E-state index is 13.4. The van der Waals surface area contributed by atoms with E-state index in [9.17, 15) is 9.60 Å². The van der Waals surface area contributed by atoms with Crippen molar-refractivity contribution in [2.24, 2.45) is 7.05 Å². The number of imidazole rings is 1. The average Bonchev–Trinajstić information content (AvgIpc) is 3.32. The van der Waals surface area contributed by atoms with Crippen LogP contribution in [0.15, 0.2) is 42.7 Å². The molecule has 0 radical (unpaired) electrons. The predicted molar refractivity (Wildman–Crippen MR) is 107 cm³/mol. The van der Waals surface area contributed by atoms with E-state index in [2.05, 4.69) is 25.4 Å². The quantitative estimate of drug-likeness (QED) is 0.226. The fourth-order valence-corrected chi connectivity index (χ4v) is 2.98. The number of nitrogens with one attached hydrogen (secondary N) is 3. The topological polar surface area (TPSA) is 119 Å². The van der Waals surface area contributed by atoms with Gasteiger partial charge in [0, 0.05) is 25.0 Å². The Morgan fingerprint density at radius 3 is 2.90 bits per heavy atom. The summed E-state index contributed by atoms with van der Waals surface area (Å²) in [5.41, 5.74) is 2.32. The third-order valence-electron chi connectivity index (χ3n) is 4.37. The first-order valence-electron chi connectivity index (χ1n) is 8.52. The molecule has 148 valence electrons. The fourth-order valence-electron chi connectivity index (χ4n) is 2.80. The molecule has 4 aromatic rings. The minimum absolute atomic E-state index is 0.153. The van der Waals surface area contributed by atoms with Crippen molar-refractivity contribution >= 4 is 40.2 Å². The summed E-state index contributed by atoms with van der Waals surface area (Å²) in [6, 6.07) is 7.13. The van der Waals surface area contributed by atoms with E-state index in [-0.39, 0.29) is 16.5 Å². The number of pyridine rings is 1. The molecule has 29 heavy (non-hydrogen) atoms. The Labute approximate surface area is 169 Å². The summed E-state index contributed by atoms with van der Waals surface area (Å²) in [4.78, 5) is 11.6. The number of aromatic amines is 1. The van der Waals surface area contributed by atoms with Gasteiger partial charge in [-0.3, -0.25) is 15.3 Å². The molecule has 0 bridgehead atoms. The molecule has 3 heterocycles. The molecule has 0 amide bonds. The molecule has 0 fully saturated rings. The molecule has 4 N–H and O–H groups in total. The highest BCUT2D eigenvalue weighted by molar-refractivity contribution is 6.31. The number of halogens is 2. The number of amidine groups is 1. The van der Waals surface area contributed by atoms with E-state index in [0.717, 1.165) is 11.8 Å². The van der Waals surface area contributed by atoms with E-state index in [1.165, 1.54) is 18.3 Å². The summed E-state index contributed by atoms with van der Waals surface area (Å²) in [7, 11) is 1.84. The number of hydrogen-bond acceptors (Lipinski definition) is 6. The third-order valence-corrected chi connectivity index (χ3v) is 4.66. The molecule has 0 aliphatic carbocycles. The van der Waals surface area contributed by atoms with E-state index < -0.39 is 5.82 Å². The smallest absolute Gasteiger partial charge is 0.203 e. The Bertz CT molecular complexity index is 1200. The first kappa shape index (κ1) is 18.8. The zero-order valence-corrected chi connectivity index (χ0v) is 15.9. The van der Waals surface area contributed by atoms with Crippen LogP contribution in [-0.4, -0.2) is 35.8 Å². The highest BCUT2D eigenvalue weighted by Gasteiger charge is 2.18. The van der Waals surface area contributed by atoms with E-state index in [0.29, 0.717) is 34.3 Å². The number of hydrogen-bond donors (Lipinski definition) is 4. The Balaban J connectivity index is 1.61. The molecular formula is C18H16ClFN8O. The standard InChI is InChI=1S/C18H16ClFN8O/c1-27-11(4-7-24-27)9-23-18-25-15-12(5-6-22-17(15)26-18)16(21)28(29)10-2-3-14(20)13(19)8-10/h2-8,21,29H,9H2,1H3,(H2,22,23,25,26). The molecule has 1 aromatic carbocycles. The van der Waals surface area contributed by atoms with Gasteiger partial charge in [0.2, 0.25) is 5.95 Å². The zero-order valence-electron chi connectivity index (χ0n) is 15.2. The van der Waals surface area contributed by atoms with Gasteiger partial charge in [0.15, 0.2) is 11.5 Å². The maximum Gasteiger partial charge on any atom is 0.203 e. The van der Waals surface area contributed by atoms with Gasteiger partial charge < -0.3 is 10.3 Å².